The third kappa shape index (κ3) is 7.06. The molecule has 1 unspecified atom stereocenters. The average molecular weight is 379 g/mol. The van der Waals surface area contributed by atoms with Crippen molar-refractivity contribution < 1.29 is 22.7 Å². The van der Waals surface area contributed by atoms with Gasteiger partial charge in [-0.25, -0.2) is 0 Å². The van der Waals surface area contributed by atoms with Crippen LogP contribution >= 0.6 is 0 Å². The van der Waals surface area contributed by atoms with Crippen LogP contribution in [-0.2, 0) is 0 Å². The summed E-state index contributed by atoms with van der Waals surface area (Å²) in [5.41, 5.74) is 8.49. The lowest BCUT2D eigenvalue weighted by molar-refractivity contribution is -0.136. The number of benzene rings is 2. The molecule has 2 rings (SSSR count). The standard InChI is InChI=1S/C21H24F3NO2/c1-15-3-5-17(6-4-15)20(26)13-18(14-25)16-7-9-19(10-8-16)27-12-2-11-21(22,23)24/h3-10,18H,2,11-14,25H2,1H3. The highest BCUT2D eigenvalue weighted by molar-refractivity contribution is 5.96. The minimum absolute atomic E-state index is 0.00504. The summed E-state index contributed by atoms with van der Waals surface area (Å²) in [5, 5.41) is 0. The Morgan fingerprint density at radius 1 is 1.07 bits per heavy atom. The van der Waals surface area contributed by atoms with E-state index >= 15 is 0 Å². The van der Waals surface area contributed by atoms with Crippen molar-refractivity contribution in [1.82, 2.24) is 0 Å². The Morgan fingerprint density at radius 2 is 1.70 bits per heavy atom. The topological polar surface area (TPSA) is 52.3 Å². The molecule has 0 aliphatic carbocycles. The van der Waals surface area contributed by atoms with Gasteiger partial charge in [0.1, 0.15) is 5.75 Å². The molecule has 0 aliphatic heterocycles. The maximum Gasteiger partial charge on any atom is 0.389 e. The number of ether oxygens (including phenoxy) is 1. The minimum Gasteiger partial charge on any atom is -0.494 e. The largest absolute Gasteiger partial charge is 0.494 e. The summed E-state index contributed by atoms with van der Waals surface area (Å²) in [5.74, 6) is 0.401. The number of hydrogen-bond donors (Lipinski definition) is 1. The zero-order chi connectivity index (χ0) is 19.9. The molecule has 0 amide bonds. The lowest BCUT2D eigenvalue weighted by Gasteiger charge is -2.15. The van der Waals surface area contributed by atoms with Gasteiger partial charge in [0.2, 0.25) is 0 Å². The molecule has 0 bridgehead atoms. The molecule has 0 fully saturated rings. The lowest BCUT2D eigenvalue weighted by Crippen LogP contribution is -2.16. The zero-order valence-corrected chi connectivity index (χ0v) is 15.3. The van der Waals surface area contributed by atoms with Gasteiger partial charge < -0.3 is 10.5 Å². The molecule has 0 radical (unpaired) electrons. The molecule has 2 N–H and O–H groups in total. The van der Waals surface area contributed by atoms with Gasteiger partial charge in [-0.2, -0.15) is 13.2 Å². The van der Waals surface area contributed by atoms with Crippen LogP contribution < -0.4 is 10.5 Å². The summed E-state index contributed by atoms with van der Waals surface area (Å²) in [6.07, 6.45) is -4.81. The molecule has 6 heteroatoms. The van der Waals surface area contributed by atoms with Gasteiger partial charge in [0.25, 0.3) is 0 Å². The van der Waals surface area contributed by atoms with Crippen molar-refractivity contribution in [1.29, 1.82) is 0 Å². The average Bonchev–Trinajstić information content (AvgIpc) is 2.63. The Labute approximate surface area is 157 Å². The molecule has 0 heterocycles. The van der Waals surface area contributed by atoms with Crippen molar-refractivity contribution in [3.8, 4) is 5.75 Å². The van der Waals surface area contributed by atoms with Crippen molar-refractivity contribution in [3.63, 3.8) is 0 Å². The van der Waals surface area contributed by atoms with Crippen LogP contribution in [0.4, 0.5) is 13.2 Å². The van der Waals surface area contributed by atoms with Crippen LogP contribution in [0.2, 0.25) is 0 Å². The number of ketones is 1. The number of halogens is 3. The normalized spacial score (nSPS) is 12.6. The molecule has 0 spiro atoms. The number of nitrogens with two attached hydrogens (primary N) is 1. The van der Waals surface area contributed by atoms with E-state index in [-0.39, 0.29) is 24.7 Å². The highest BCUT2D eigenvalue weighted by Gasteiger charge is 2.26. The Kier molecular flexibility index (Phi) is 7.42. The molecule has 0 aliphatic rings. The fraction of sp³-hybridized carbons (Fsp3) is 0.381. The van der Waals surface area contributed by atoms with Gasteiger partial charge in [0.15, 0.2) is 5.78 Å². The highest BCUT2D eigenvalue weighted by atomic mass is 19.4. The highest BCUT2D eigenvalue weighted by Crippen LogP contribution is 2.25. The van der Waals surface area contributed by atoms with Crippen molar-refractivity contribution in [2.24, 2.45) is 5.73 Å². The van der Waals surface area contributed by atoms with Crippen LogP contribution in [0.15, 0.2) is 48.5 Å². The summed E-state index contributed by atoms with van der Waals surface area (Å²) >= 11 is 0. The van der Waals surface area contributed by atoms with E-state index in [0.29, 0.717) is 24.3 Å². The molecule has 2 aromatic carbocycles. The molecule has 146 valence electrons. The van der Waals surface area contributed by atoms with Crippen LogP contribution in [0.1, 0.15) is 46.7 Å². The van der Waals surface area contributed by atoms with Crippen molar-refractivity contribution in [3.05, 3.63) is 65.2 Å². The van der Waals surface area contributed by atoms with E-state index in [9.17, 15) is 18.0 Å². The van der Waals surface area contributed by atoms with Gasteiger partial charge >= 0.3 is 6.18 Å². The number of carbonyl (C=O) groups excluding carboxylic acids is 1. The number of Topliss-reactive ketones (excluding diaryl/α,β-unsaturated/α-hetero) is 1. The van der Waals surface area contributed by atoms with Crippen LogP contribution in [-0.4, -0.2) is 25.1 Å². The second-order valence-electron chi connectivity index (χ2n) is 6.56. The van der Waals surface area contributed by atoms with E-state index in [0.717, 1.165) is 11.1 Å². The van der Waals surface area contributed by atoms with E-state index in [1.807, 2.05) is 31.2 Å². The molecule has 0 aromatic heterocycles. The van der Waals surface area contributed by atoms with Crippen molar-refractivity contribution in [2.45, 2.75) is 38.3 Å². The predicted octanol–water partition coefficient (Wildman–Crippen LogP) is 5.03. The Balaban J connectivity index is 1.91. The van der Waals surface area contributed by atoms with E-state index in [2.05, 4.69) is 0 Å². The fourth-order valence-electron chi connectivity index (χ4n) is 2.72. The summed E-state index contributed by atoms with van der Waals surface area (Å²) in [7, 11) is 0. The molecule has 0 saturated carbocycles. The van der Waals surface area contributed by atoms with Crippen LogP contribution in [0.3, 0.4) is 0 Å². The number of carbonyl (C=O) groups is 1. The maximum atomic E-state index is 12.4. The van der Waals surface area contributed by atoms with E-state index in [4.69, 9.17) is 10.5 Å². The van der Waals surface area contributed by atoms with E-state index < -0.39 is 12.6 Å². The Morgan fingerprint density at radius 3 is 2.26 bits per heavy atom. The van der Waals surface area contributed by atoms with Gasteiger partial charge in [0, 0.05) is 24.3 Å². The first-order chi connectivity index (χ1) is 12.8. The first kappa shape index (κ1) is 21.0. The van der Waals surface area contributed by atoms with Gasteiger partial charge in [-0.3, -0.25) is 4.79 Å². The monoisotopic (exact) mass is 379 g/mol. The van der Waals surface area contributed by atoms with Crippen molar-refractivity contribution in [2.75, 3.05) is 13.2 Å². The van der Waals surface area contributed by atoms with Crippen LogP contribution in [0, 0.1) is 6.92 Å². The molecule has 2 aromatic rings. The third-order valence-electron chi connectivity index (χ3n) is 4.31. The summed E-state index contributed by atoms with van der Waals surface area (Å²) < 4.78 is 41.7. The smallest absolute Gasteiger partial charge is 0.389 e. The third-order valence-corrected chi connectivity index (χ3v) is 4.31. The van der Waals surface area contributed by atoms with Gasteiger partial charge in [-0.05, 0) is 37.6 Å². The number of aryl methyl sites for hydroxylation is 1. The lowest BCUT2D eigenvalue weighted by atomic mass is 9.91. The first-order valence-electron chi connectivity index (χ1n) is 8.88. The van der Waals surface area contributed by atoms with Crippen LogP contribution in [0.25, 0.3) is 0 Å². The zero-order valence-electron chi connectivity index (χ0n) is 15.3. The SMILES string of the molecule is Cc1ccc(C(=O)CC(CN)c2ccc(OCCCC(F)(F)F)cc2)cc1. The molecular formula is C21H24F3NO2. The summed E-state index contributed by atoms with van der Waals surface area (Å²) in [6.45, 7) is 2.29. The molecule has 27 heavy (non-hydrogen) atoms. The predicted molar refractivity (Wildman–Crippen MR) is 99.1 cm³/mol. The molecule has 0 saturated heterocycles. The fourth-order valence-corrected chi connectivity index (χ4v) is 2.72. The number of hydrogen-bond acceptors (Lipinski definition) is 3. The number of alkyl halides is 3. The van der Waals surface area contributed by atoms with Crippen LogP contribution in [0.5, 0.6) is 5.75 Å². The quantitative estimate of drug-likeness (QED) is 0.491. The summed E-state index contributed by atoms with van der Waals surface area (Å²) in [6, 6.07) is 14.4. The number of rotatable bonds is 9. The molecular weight excluding hydrogens is 355 g/mol. The molecule has 3 nitrogen and oxygen atoms in total. The molecule has 1 atom stereocenters. The maximum absolute atomic E-state index is 12.4. The minimum atomic E-state index is -4.16. The van der Waals surface area contributed by atoms with Crippen molar-refractivity contribution >= 4 is 5.78 Å². The first-order valence-corrected chi connectivity index (χ1v) is 8.88. The second kappa shape index (κ2) is 9.55. The van der Waals surface area contributed by atoms with Gasteiger partial charge in [-0.1, -0.05) is 42.0 Å². The Bertz CT molecular complexity index is 725. The Hall–Kier alpha value is -2.34. The summed E-state index contributed by atoms with van der Waals surface area (Å²) in [4.78, 5) is 12.4. The van der Waals surface area contributed by atoms with E-state index in [1.54, 1.807) is 24.3 Å². The van der Waals surface area contributed by atoms with Gasteiger partial charge in [-0.15, -0.1) is 0 Å². The second-order valence-corrected chi connectivity index (χ2v) is 6.56. The van der Waals surface area contributed by atoms with E-state index in [1.165, 1.54) is 0 Å². The van der Waals surface area contributed by atoms with Gasteiger partial charge in [0.05, 0.1) is 6.61 Å².